The number of hydrogen-bond donors (Lipinski definition) is 0. The molecule has 0 radical (unpaired) electrons. The molecule has 0 aliphatic rings. The molecule has 0 unspecified atom stereocenters. The number of hydrogen-bond acceptors (Lipinski definition) is 3. The Kier molecular flexibility index (Phi) is 3.50. The van der Waals surface area contributed by atoms with E-state index in [4.69, 9.17) is 4.74 Å². The van der Waals surface area contributed by atoms with Gasteiger partial charge in [0.2, 0.25) is 0 Å². The van der Waals surface area contributed by atoms with E-state index >= 15 is 0 Å². The minimum atomic E-state index is 0.134. The van der Waals surface area contributed by atoms with Gasteiger partial charge in [-0.2, -0.15) is 4.91 Å². The highest BCUT2D eigenvalue weighted by Gasteiger charge is 2.07. The minimum absolute atomic E-state index is 0.134. The molecule has 0 bridgehead atoms. The van der Waals surface area contributed by atoms with Crippen molar-refractivity contribution in [1.82, 2.24) is 0 Å². The molecule has 0 aliphatic heterocycles. The fraction of sp³-hybridized carbons (Fsp3) is 0.143. The van der Waals surface area contributed by atoms with Crippen molar-refractivity contribution in [1.29, 1.82) is 0 Å². The van der Waals surface area contributed by atoms with E-state index in [1.165, 1.54) is 0 Å². The number of nitroso groups, excluding NO2 is 1. The lowest BCUT2D eigenvalue weighted by Crippen LogP contribution is -1.93. The topological polar surface area (TPSA) is 38.7 Å². The second-order valence-electron chi connectivity index (χ2n) is 3.75. The molecule has 2 rings (SSSR count). The zero-order valence-corrected chi connectivity index (χ0v) is 9.59. The maximum atomic E-state index is 10.4. The quantitative estimate of drug-likeness (QED) is 0.739. The van der Waals surface area contributed by atoms with E-state index in [1.54, 1.807) is 0 Å². The van der Waals surface area contributed by atoms with E-state index in [9.17, 15) is 4.91 Å². The third-order valence-electron chi connectivity index (χ3n) is 2.56. The highest BCUT2D eigenvalue weighted by atomic mass is 16.5. The molecule has 0 amide bonds. The van der Waals surface area contributed by atoms with Gasteiger partial charge in [0.15, 0.2) is 0 Å². The fourth-order valence-electron chi connectivity index (χ4n) is 1.65. The van der Waals surface area contributed by atoms with Crippen LogP contribution in [0.5, 0.6) is 11.5 Å². The van der Waals surface area contributed by atoms with Crippen LogP contribution in [-0.2, 0) is 6.54 Å². The normalized spacial score (nSPS) is 9.94. The van der Waals surface area contributed by atoms with Crippen molar-refractivity contribution in [2.24, 2.45) is 5.18 Å². The summed E-state index contributed by atoms with van der Waals surface area (Å²) in [6.07, 6.45) is 0. The van der Waals surface area contributed by atoms with E-state index in [-0.39, 0.29) is 6.54 Å². The SMILES string of the molecule is Cc1cccc(Oc2ccccc2)c1CN=O. The molecule has 86 valence electrons. The first kappa shape index (κ1) is 11.3. The van der Waals surface area contributed by atoms with Crippen LogP contribution < -0.4 is 4.74 Å². The smallest absolute Gasteiger partial charge is 0.132 e. The van der Waals surface area contributed by atoms with Crippen LogP contribution in [0.25, 0.3) is 0 Å². The van der Waals surface area contributed by atoms with Crippen LogP contribution >= 0.6 is 0 Å². The average Bonchev–Trinajstić information content (AvgIpc) is 2.35. The van der Waals surface area contributed by atoms with Crippen molar-refractivity contribution in [3.8, 4) is 11.5 Å². The van der Waals surface area contributed by atoms with Gasteiger partial charge < -0.3 is 4.74 Å². The molecule has 0 fully saturated rings. The van der Waals surface area contributed by atoms with Gasteiger partial charge in [0.05, 0.1) is 0 Å². The van der Waals surface area contributed by atoms with Gasteiger partial charge in [-0.1, -0.05) is 35.5 Å². The van der Waals surface area contributed by atoms with Crippen LogP contribution in [0, 0.1) is 11.8 Å². The second kappa shape index (κ2) is 5.25. The first-order valence-electron chi connectivity index (χ1n) is 5.42. The highest BCUT2D eigenvalue weighted by Crippen LogP contribution is 2.27. The van der Waals surface area contributed by atoms with Gasteiger partial charge in [0.25, 0.3) is 0 Å². The number of nitrogens with zero attached hydrogens (tertiary/aromatic N) is 1. The number of aryl methyl sites for hydroxylation is 1. The fourth-order valence-corrected chi connectivity index (χ4v) is 1.65. The third-order valence-corrected chi connectivity index (χ3v) is 2.56. The first-order valence-corrected chi connectivity index (χ1v) is 5.42. The zero-order chi connectivity index (χ0) is 12.1. The summed E-state index contributed by atoms with van der Waals surface area (Å²) in [6, 6.07) is 15.2. The van der Waals surface area contributed by atoms with Gasteiger partial charge in [-0.05, 0) is 30.7 Å². The average molecular weight is 227 g/mol. The lowest BCUT2D eigenvalue weighted by atomic mass is 10.1. The van der Waals surface area contributed by atoms with E-state index in [1.807, 2.05) is 55.5 Å². The number of rotatable bonds is 4. The molecular formula is C14H13NO2. The minimum Gasteiger partial charge on any atom is -0.457 e. The van der Waals surface area contributed by atoms with Crippen LogP contribution in [0.2, 0.25) is 0 Å². The van der Waals surface area contributed by atoms with Crippen LogP contribution in [0.1, 0.15) is 11.1 Å². The first-order chi connectivity index (χ1) is 8.31. The summed E-state index contributed by atoms with van der Waals surface area (Å²) in [5.74, 6) is 1.45. The summed E-state index contributed by atoms with van der Waals surface area (Å²) >= 11 is 0. The van der Waals surface area contributed by atoms with Gasteiger partial charge in [-0.25, -0.2) is 0 Å². The van der Waals surface area contributed by atoms with E-state index in [0.29, 0.717) is 5.75 Å². The molecule has 2 aromatic rings. The van der Waals surface area contributed by atoms with Crippen molar-refractivity contribution in [3.63, 3.8) is 0 Å². The van der Waals surface area contributed by atoms with Gasteiger partial charge in [0.1, 0.15) is 18.0 Å². The van der Waals surface area contributed by atoms with Crippen LogP contribution in [0.3, 0.4) is 0 Å². The Labute approximate surface area is 100 Å². The summed E-state index contributed by atoms with van der Waals surface area (Å²) in [4.78, 5) is 10.4. The Hall–Kier alpha value is -2.16. The summed E-state index contributed by atoms with van der Waals surface area (Å²) in [5, 5.41) is 2.94. The van der Waals surface area contributed by atoms with Crippen molar-refractivity contribution in [2.45, 2.75) is 13.5 Å². The number of benzene rings is 2. The van der Waals surface area contributed by atoms with Gasteiger partial charge in [-0.3, -0.25) is 0 Å². The van der Waals surface area contributed by atoms with Crippen LogP contribution in [-0.4, -0.2) is 0 Å². The molecule has 2 aromatic carbocycles. The lowest BCUT2D eigenvalue weighted by Gasteiger charge is -2.11. The molecular weight excluding hydrogens is 214 g/mol. The van der Waals surface area contributed by atoms with E-state index in [0.717, 1.165) is 16.9 Å². The molecule has 0 aromatic heterocycles. The predicted octanol–water partition coefficient (Wildman–Crippen LogP) is 4.05. The largest absolute Gasteiger partial charge is 0.457 e. The van der Waals surface area contributed by atoms with Gasteiger partial charge in [-0.15, -0.1) is 0 Å². The van der Waals surface area contributed by atoms with E-state index < -0.39 is 0 Å². The highest BCUT2D eigenvalue weighted by molar-refractivity contribution is 5.42. The molecule has 0 saturated heterocycles. The third kappa shape index (κ3) is 2.69. The molecule has 0 spiro atoms. The summed E-state index contributed by atoms with van der Waals surface area (Å²) < 4.78 is 5.74. The van der Waals surface area contributed by atoms with Crippen molar-refractivity contribution >= 4 is 0 Å². The number of para-hydroxylation sites is 1. The Balaban J connectivity index is 2.32. The standard InChI is InChI=1S/C14H13NO2/c1-11-6-5-9-14(13(11)10-15-16)17-12-7-3-2-4-8-12/h2-9H,10H2,1H3. The van der Waals surface area contributed by atoms with Gasteiger partial charge >= 0.3 is 0 Å². The Morgan fingerprint density at radius 2 is 1.82 bits per heavy atom. The Bertz CT molecular complexity index is 509. The van der Waals surface area contributed by atoms with E-state index in [2.05, 4.69) is 5.18 Å². The van der Waals surface area contributed by atoms with Crippen molar-refractivity contribution < 1.29 is 4.74 Å². The zero-order valence-electron chi connectivity index (χ0n) is 9.59. The van der Waals surface area contributed by atoms with Crippen molar-refractivity contribution in [2.75, 3.05) is 0 Å². The maximum absolute atomic E-state index is 10.4. The molecule has 17 heavy (non-hydrogen) atoms. The van der Waals surface area contributed by atoms with Crippen LogP contribution in [0.15, 0.2) is 53.7 Å². The number of ether oxygens (including phenoxy) is 1. The molecule has 0 N–H and O–H groups in total. The molecule has 3 nitrogen and oxygen atoms in total. The van der Waals surface area contributed by atoms with Gasteiger partial charge in [0, 0.05) is 5.56 Å². The molecule has 0 atom stereocenters. The summed E-state index contributed by atoms with van der Waals surface area (Å²) in [7, 11) is 0. The molecule has 3 heteroatoms. The monoisotopic (exact) mass is 227 g/mol. The maximum Gasteiger partial charge on any atom is 0.132 e. The predicted molar refractivity (Wildman–Crippen MR) is 67.2 cm³/mol. The Morgan fingerprint density at radius 1 is 1.06 bits per heavy atom. The second-order valence-corrected chi connectivity index (χ2v) is 3.75. The lowest BCUT2D eigenvalue weighted by molar-refractivity contribution is 0.476. The molecule has 0 aliphatic carbocycles. The summed E-state index contributed by atoms with van der Waals surface area (Å²) in [5.41, 5.74) is 1.85. The summed E-state index contributed by atoms with van der Waals surface area (Å²) in [6.45, 7) is 2.08. The van der Waals surface area contributed by atoms with Crippen molar-refractivity contribution in [3.05, 3.63) is 64.6 Å². The molecule has 0 saturated carbocycles. The molecule has 0 heterocycles. The van der Waals surface area contributed by atoms with Crippen LogP contribution in [0.4, 0.5) is 0 Å². The Morgan fingerprint density at radius 3 is 2.53 bits per heavy atom.